The molecule has 0 aliphatic rings. The van der Waals surface area contributed by atoms with Gasteiger partial charge in [-0.15, -0.1) is 0 Å². The van der Waals surface area contributed by atoms with Crippen LogP contribution in [0.25, 0.3) is 0 Å². The summed E-state index contributed by atoms with van der Waals surface area (Å²) in [6.07, 6.45) is -0.206. The molecule has 1 aromatic rings. The van der Waals surface area contributed by atoms with Gasteiger partial charge in [-0.1, -0.05) is 0 Å². The fraction of sp³-hybridized carbons (Fsp3) is 0.455. The Bertz CT molecular complexity index is 358. The molecule has 1 atom stereocenters. The number of hydrogen-bond acceptors (Lipinski definition) is 2. The van der Waals surface area contributed by atoms with Crippen LogP contribution in [0.3, 0.4) is 0 Å². The Morgan fingerprint density at radius 1 is 1.38 bits per heavy atom. The third-order valence-corrected chi connectivity index (χ3v) is 2.66. The molecular formula is C11H13BrF2O2. The second-order valence-electron chi connectivity index (χ2n) is 3.40. The first-order chi connectivity index (χ1) is 7.56. The number of rotatable bonds is 5. The van der Waals surface area contributed by atoms with Crippen LogP contribution in [0.1, 0.15) is 12.5 Å². The fourth-order valence-electron chi connectivity index (χ4n) is 1.21. The first-order valence-corrected chi connectivity index (χ1v) is 5.58. The maximum absolute atomic E-state index is 13.5. The van der Waals surface area contributed by atoms with Gasteiger partial charge in [-0.3, -0.25) is 0 Å². The van der Waals surface area contributed by atoms with Gasteiger partial charge < -0.3 is 9.47 Å². The molecule has 2 nitrogen and oxygen atoms in total. The van der Waals surface area contributed by atoms with Crippen LogP contribution in [-0.4, -0.2) is 19.8 Å². The molecule has 0 radical (unpaired) electrons. The lowest BCUT2D eigenvalue weighted by molar-refractivity contribution is -0.00218. The highest BCUT2D eigenvalue weighted by molar-refractivity contribution is 9.10. The highest BCUT2D eigenvalue weighted by Gasteiger charge is 2.13. The normalized spacial score (nSPS) is 12.8. The number of ether oxygens (including phenoxy) is 2. The van der Waals surface area contributed by atoms with E-state index >= 15 is 0 Å². The molecule has 0 aliphatic heterocycles. The van der Waals surface area contributed by atoms with Crippen LogP contribution in [0.4, 0.5) is 8.78 Å². The molecule has 0 N–H and O–H groups in total. The monoisotopic (exact) mass is 294 g/mol. The summed E-state index contributed by atoms with van der Waals surface area (Å²) in [5.74, 6) is -1.23. The Kier molecular flexibility index (Phi) is 5.31. The first kappa shape index (κ1) is 13.5. The summed E-state index contributed by atoms with van der Waals surface area (Å²) in [5, 5.41) is 0. The summed E-state index contributed by atoms with van der Waals surface area (Å²) in [7, 11) is 1.54. The van der Waals surface area contributed by atoms with Gasteiger partial charge in [0.25, 0.3) is 0 Å². The van der Waals surface area contributed by atoms with E-state index in [2.05, 4.69) is 15.9 Å². The maximum Gasteiger partial charge on any atom is 0.145 e. The van der Waals surface area contributed by atoms with Gasteiger partial charge in [0.15, 0.2) is 0 Å². The lowest BCUT2D eigenvalue weighted by Crippen LogP contribution is -2.15. The van der Waals surface area contributed by atoms with Gasteiger partial charge in [-0.25, -0.2) is 8.78 Å². The van der Waals surface area contributed by atoms with E-state index in [9.17, 15) is 8.78 Å². The van der Waals surface area contributed by atoms with Crippen LogP contribution in [0, 0.1) is 11.6 Å². The van der Waals surface area contributed by atoms with Crippen LogP contribution in [0.2, 0.25) is 0 Å². The summed E-state index contributed by atoms with van der Waals surface area (Å²) in [6.45, 7) is 2.05. The van der Waals surface area contributed by atoms with Crippen molar-refractivity contribution in [3.05, 3.63) is 33.8 Å². The van der Waals surface area contributed by atoms with Crippen LogP contribution in [0.5, 0.6) is 0 Å². The standard InChI is InChI=1S/C11H13BrF2O2/c1-7(5-15-2)16-6-8-10(13)4-3-9(12)11(8)14/h3-4,7H,5-6H2,1-2H3. The molecule has 0 bridgehead atoms. The van der Waals surface area contributed by atoms with Gasteiger partial charge in [0.05, 0.1) is 29.4 Å². The van der Waals surface area contributed by atoms with Gasteiger partial charge in [0.2, 0.25) is 0 Å². The fourth-order valence-corrected chi connectivity index (χ4v) is 1.58. The summed E-state index contributed by atoms with van der Waals surface area (Å²) in [4.78, 5) is 0. The quantitative estimate of drug-likeness (QED) is 0.776. The minimum atomic E-state index is -0.621. The minimum Gasteiger partial charge on any atom is -0.382 e. The molecule has 1 unspecified atom stereocenters. The number of methoxy groups -OCH3 is 1. The number of halogens is 3. The van der Waals surface area contributed by atoms with Gasteiger partial charge in [-0.05, 0) is 35.0 Å². The molecule has 90 valence electrons. The van der Waals surface area contributed by atoms with E-state index in [4.69, 9.17) is 9.47 Å². The second kappa shape index (κ2) is 6.27. The van der Waals surface area contributed by atoms with E-state index in [0.717, 1.165) is 0 Å². The van der Waals surface area contributed by atoms with Gasteiger partial charge in [0, 0.05) is 7.11 Å². The molecule has 16 heavy (non-hydrogen) atoms. The second-order valence-corrected chi connectivity index (χ2v) is 4.25. The molecular weight excluding hydrogens is 282 g/mol. The number of benzene rings is 1. The third kappa shape index (κ3) is 3.50. The van der Waals surface area contributed by atoms with Crippen LogP contribution in [0.15, 0.2) is 16.6 Å². The predicted octanol–water partition coefficient (Wildman–Crippen LogP) is 3.28. The molecule has 1 rings (SSSR count). The molecule has 0 aromatic heterocycles. The SMILES string of the molecule is COCC(C)OCc1c(F)ccc(Br)c1F. The Morgan fingerprint density at radius 3 is 2.69 bits per heavy atom. The van der Waals surface area contributed by atoms with Crippen molar-refractivity contribution in [3.63, 3.8) is 0 Å². The lowest BCUT2D eigenvalue weighted by atomic mass is 10.2. The Labute approximate surface area is 102 Å². The molecule has 0 saturated carbocycles. The summed E-state index contributed by atoms with van der Waals surface area (Å²) < 4.78 is 37.1. The third-order valence-electron chi connectivity index (χ3n) is 2.05. The topological polar surface area (TPSA) is 18.5 Å². The molecule has 0 heterocycles. The smallest absolute Gasteiger partial charge is 0.145 e. The van der Waals surface area contributed by atoms with E-state index in [1.807, 2.05) is 0 Å². The molecule has 1 aromatic carbocycles. The van der Waals surface area contributed by atoms with Crippen molar-refractivity contribution in [2.75, 3.05) is 13.7 Å². The Hall–Kier alpha value is -0.520. The Morgan fingerprint density at radius 2 is 2.06 bits per heavy atom. The van der Waals surface area contributed by atoms with Gasteiger partial charge >= 0.3 is 0 Å². The highest BCUT2D eigenvalue weighted by atomic mass is 79.9. The largest absolute Gasteiger partial charge is 0.382 e. The van der Waals surface area contributed by atoms with Crippen LogP contribution in [-0.2, 0) is 16.1 Å². The molecule has 0 spiro atoms. The van der Waals surface area contributed by atoms with Crippen molar-refractivity contribution in [1.82, 2.24) is 0 Å². The molecule has 0 amide bonds. The summed E-state index contributed by atoms with van der Waals surface area (Å²) >= 11 is 3.00. The predicted molar refractivity (Wildman–Crippen MR) is 60.2 cm³/mol. The zero-order chi connectivity index (χ0) is 12.1. The number of hydrogen-bond donors (Lipinski definition) is 0. The first-order valence-electron chi connectivity index (χ1n) is 4.79. The molecule has 5 heteroatoms. The van der Waals surface area contributed by atoms with Crippen LogP contribution >= 0.6 is 15.9 Å². The van der Waals surface area contributed by atoms with Crippen molar-refractivity contribution < 1.29 is 18.3 Å². The van der Waals surface area contributed by atoms with Crippen molar-refractivity contribution in [1.29, 1.82) is 0 Å². The maximum atomic E-state index is 13.5. The lowest BCUT2D eigenvalue weighted by Gasteiger charge is -2.13. The van der Waals surface area contributed by atoms with E-state index in [-0.39, 0.29) is 22.7 Å². The van der Waals surface area contributed by atoms with Gasteiger partial charge in [-0.2, -0.15) is 0 Å². The van der Waals surface area contributed by atoms with Crippen molar-refractivity contribution in [2.45, 2.75) is 19.6 Å². The van der Waals surface area contributed by atoms with Crippen molar-refractivity contribution in [2.24, 2.45) is 0 Å². The zero-order valence-electron chi connectivity index (χ0n) is 9.10. The molecule has 0 fully saturated rings. The van der Waals surface area contributed by atoms with Crippen molar-refractivity contribution in [3.8, 4) is 0 Å². The van der Waals surface area contributed by atoms with Crippen molar-refractivity contribution >= 4 is 15.9 Å². The van der Waals surface area contributed by atoms with E-state index in [1.165, 1.54) is 12.1 Å². The van der Waals surface area contributed by atoms with E-state index in [1.54, 1.807) is 14.0 Å². The van der Waals surface area contributed by atoms with E-state index < -0.39 is 11.6 Å². The van der Waals surface area contributed by atoms with Crippen LogP contribution < -0.4 is 0 Å². The molecule has 0 aliphatic carbocycles. The van der Waals surface area contributed by atoms with E-state index in [0.29, 0.717) is 6.61 Å². The van der Waals surface area contributed by atoms with Gasteiger partial charge in [0.1, 0.15) is 11.6 Å². The summed E-state index contributed by atoms with van der Waals surface area (Å²) in [5.41, 5.74) is -0.0719. The average Bonchev–Trinajstić information content (AvgIpc) is 2.24. The minimum absolute atomic E-state index is 0.0719. The Balaban J connectivity index is 2.70. The zero-order valence-corrected chi connectivity index (χ0v) is 10.7. The molecule has 0 saturated heterocycles. The highest BCUT2D eigenvalue weighted by Crippen LogP contribution is 2.22. The average molecular weight is 295 g/mol. The summed E-state index contributed by atoms with van der Waals surface area (Å²) in [6, 6.07) is 2.53.